The maximum absolute atomic E-state index is 12.6. The smallest absolute Gasteiger partial charge is 0.295 e. The highest BCUT2D eigenvalue weighted by molar-refractivity contribution is 8.18. The molecule has 2 aromatic carbocycles. The quantitative estimate of drug-likeness (QED) is 0.528. The predicted octanol–water partition coefficient (Wildman–Crippen LogP) is 5.48. The van der Waals surface area contributed by atoms with Gasteiger partial charge in [0, 0.05) is 15.6 Å². The largest absolute Gasteiger partial charge is 0.367 e. The number of nitrogens with one attached hydrogen (secondary N) is 1. The molecule has 1 saturated heterocycles. The molecule has 3 rings (SSSR count). The van der Waals surface area contributed by atoms with E-state index in [1.54, 1.807) is 30.0 Å². The first kappa shape index (κ1) is 18.9. The Hall–Kier alpha value is -1.89. The van der Waals surface area contributed by atoms with Crippen molar-refractivity contribution in [1.29, 1.82) is 0 Å². The van der Waals surface area contributed by atoms with Crippen molar-refractivity contribution in [2.45, 2.75) is 11.8 Å². The molecular weight excluding hydrogens is 388 g/mol. The molecule has 0 saturated carbocycles. The van der Waals surface area contributed by atoms with Gasteiger partial charge >= 0.3 is 0 Å². The molecule has 1 aliphatic heterocycles. The molecule has 0 spiro atoms. The van der Waals surface area contributed by atoms with Gasteiger partial charge < -0.3 is 5.32 Å². The third kappa shape index (κ3) is 4.26. The van der Waals surface area contributed by atoms with E-state index in [9.17, 15) is 9.59 Å². The lowest BCUT2D eigenvalue weighted by Crippen LogP contribution is -2.33. The van der Waals surface area contributed by atoms with E-state index in [1.165, 1.54) is 4.90 Å². The summed E-state index contributed by atoms with van der Waals surface area (Å²) in [6.45, 7) is 2.04. The highest BCUT2D eigenvalue weighted by Crippen LogP contribution is 2.32. The van der Waals surface area contributed by atoms with E-state index in [1.807, 2.05) is 43.5 Å². The SMILES string of the molecule is CSc1ccc(C=C2SC(=O)N(CNc3cc(Cl)ccc3C)C2=O)cc1. The molecule has 0 atom stereocenters. The molecule has 4 nitrogen and oxygen atoms in total. The molecule has 134 valence electrons. The summed E-state index contributed by atoms with van der Waals surface area (Å²) in [5, 5.41) is 3.43. The number of amides is 2. The molecular formula is C19H17ClN2O2S2. The number of benzene rings is 2. The maximum atomic E-state index is 12.6. The normalized spacial score (nSPS) is 15.8. The second-order valence-corrected chi connectivity index (χ2v) is 7.99. The van der Waals surface area contributed by atoms with Crippen LogP contribution in [0.2, 0.25) is 5.02 Å². The topological polar surface area (TPSA) is 49.4 Å². The molecule has 1 N–H and O–H groups in total. The molecule has 2 aromatic rings. The Bertz CT molecular complexity index is 882. The van der Waals surface area contributed by atoms with E-state index in [4.69, 9.17) is 11.6 Å². The van der Waals surface area contributed by atoms with Gasteiger partial charge in [0.2, 0.25) is 0 Å². The maximum Gasteiger partial charge on any atom is 0.295 e. The minimum Gasteiger partial charge on any atom is -0.367 e. The van der Waals surface area contributed by atoms with Crippen LogP contribution in [0.5, 0.6) is 0 Å². The van der Waals surface area contributed by atoms with Crippen molar-refractivity contribution < 1.29 is 9.59 Å². The summed E-state index contributed by atoms with van der Waals surface area (Å²) in [6, 6.07) is 13.3. The molecule has 2 amide bonds. The molecule has 0 unspecified atom stereocenters. The zero-order chi connectivity index (χ0) is 18.7. The Morgan fingerprint density at radius 1 is 1.19 bits per heavy atom. The third-order valence-electron chi connectivity index (χ3n) is 3.91. The number of rotatable bonds is 5. The van der Waals surface area contributed by atoms with Gasteiger partial charge in [0.1, 0.15) is 0 Å². The molecule has 0 aromatic heterocycles. The molecule has 1 fully saturated rings. The monoisotopic (exact) mass is 404 g/mol. The summed E-state index contributed by atoms with van der Waals surface area (Å²) in [6.07, 6.45) is 3.76. The second-order valence-electron chi connectivity index (χ2n) is 5.68. The molecule has 1 aliphatic rings. The van der Waals surface area contributed by atoms with Gasteiger partial charge in [-0.1, -0.05) is 29.8 Å². The van der Waals surface area contributed by atoms with Crippen LogP contribution in [-0.4, -0.2) is 29.0 Å². The number of carbonyl (C=O) groups is 2. The molecule has 26 heavy (non-hydrogen) atoms. The van der Waals surface area contributed by atoms with Crippen molar-refractivity contribution in [3.05, 3.63) is 63.5 Å². The van der Waals surface area contributed by atoms with Gasteiger partial charge in [-0.3, -0.25) is 14.5 Å². The van der Waals surface area contributed by atoms with E-state index in [2.05, 4.69) is 5.32 Å². The van der Waals surface area contributed by atoms with Crippen LogP contribution < -0.4 is 5.32 Å². The van der Waals surface area contributed by atoms with Crippen LogP contribution in [0, 0.1) is 6.92 Å². The number of thioether (sulfide) groups is 2. The summed E-state index contributed by atoms with van der Waals surface area (Å²) >= 11 is 8.61. The third-order valence-corrected chi connectivity index (χ3v) is 5.80. The average Bonchev–Trinajstić information content (AvgIpc) is 2.90. The fourth-order valence-electron chi connectivity index (χ4n) is 2.44. The van der Waals surface area contributed by atoms with Crippen LogP contribution in [0.4, 0.5) is 10.5 Å². The highest BCUT2D eigenvalue weighted by atomic mass is 35.5. The Morgan fingerprint density at radius 2 is 1.92 bits per heavy atom. The Morgan fingerprint density at radius 3 is 2.62 bits per heavy atom. The first-order valence-electron chi connectivity index (χ1n) is 7.87. The number of halogens is 1. The molecule has 1 heterocycles. The lowest BCUT2D eigenvalue weighted by molar-refractivity contribution is -0.122. The second kappa shape index (κ2) is 8.20. The summed E-state index contributed by atoms with van der Waals surface area (Å²) in [5.74, 6) is -0.291. The lowest BCUT2D eigenvalue weighted by atomic mass is 10.2. The lowest BCUT2D eigenvalue weighted by Gasteiger charge is -2.16. The number of aryl methyl sites for hydroxylation is 1. The van der Waals surface area contributed by atoms with Gasteiger partial charge in [-0.25, -0.2) is 0 Å². The summed E-state index contributed by atoms with van der Waals surface area (Å²) in [5.41, 5.74) is 2.69. The number of nitrogens with zero attached hydrogens (tertiary/aromatic N) is 1. The number of imide groups is 1. The Balaban J connectivity index is 1.72. The van der Waals surface area contributed by atoms with Gasteiger partial charge in [-0.15, -0.1) is 11.8 Å². The van der Waals surface area contributed by atoms with Crippen molar-refractivity contribution in [3.63, 3.8) is 0 Å². The average molecular weight is 405 g/mol. The van der Waals surface area contributed by atoms with Gasteiger partial charge in [0.25, 0.3) is 11.1 Å². The first-order valence-corrected chi connectivity index (χ1v) is 10.3. The summed E-state index contributed by atoms with van der Waals surface area (Å²) < 4.78 is 0. The van der Waals surface area contributed by atoms with E-state index < -0.39 is 0 Å². The Labute approximate surface area is 166 Å². The fraction of sp³-hybridized carbons (Fsp3) is 0.158. The van der Waals surface area contributed by atoms with Crippen molar-refractivity contribution >= 4 is 58.0 Å². The summed E-state index contributed by atoms with van der Waals surface area (Å²) in [7, 11) is 0. The minimum absolute atomic E-state index is 0.106. The number of anilines is 1. The molecule has 0 bridgehead atoms. The molecule has 0 radical (unpaired) electrons. The number of hydrogen-bond acceptors (Lipinski definition) is 5. The van der Waals surface area contributed by atoms with Gasteiger partial charge in [-0.05, 0) is 66.4 Å². The number of hydrogen-bond donors (Lipinski definition) is 1. The fourth-order valence-corrected chi connectivity index (χ4v) is 3.86. The van der Waals surface area contributed by atoms with E-state index in [-0.39, 0.29) is 17.8 Å². The van der Waals surface area contributed by atoms with E-state index in [0.29, 0.717) is 9.93 Å². The van der Waals surface area contributed by atoms with Crippen molar-refractivity contribution in [2.75, 3.05) is 18.2 Å². The van der Waals surface area contributed by atoms with Crippen LogP contribution in [0.15, 0.2) is 52.3 Å². The van der Waals surface area contributed by atoms with Crippen LogP contribution in [0.1, 0.15) is 11.1 Å². The zero-order valence-corrected chi connectivity index (χ0v) is 16.7. The van der Waals surface area contributed by atoms with Gasteiger partial charge in [-0.2, -0.15) is 0 Å². The van der Waals surface area contributed by atoms with Gasteiger partial charge in [0.15, 0.2) is 0 Å². The van der Waals surface area contributed by atoms with Crippen LogP contribution in [0.25, 0.3) is 6.08 Å². The summed E-state index contributed by atoms with van der Waals surface area (Å²) in [4.78, 5) is 27.6. The van der Waals surface area contributed by atoms with E-state index >= 15 is 0 Å². The number of carbonyl (C=O) groups excluding carboxylic acids is 2. The zero-order valence-electron chi connectivity index (χ0n) is 14.3. The van der Waals surface area contributed by atoms with Crippen molar-refractivity contribution in [1.82, 2.24) is 4.90 Å². The standard InChI is InChI=1S/C19H17ClN2O2S2/c1-12-3-6-14(20)10-16(12)21-11-22-18(23)17(26-19(22)24)9-13-4-7-15(25-2)8-5-13/h3-10,21H,11H2,1-2H3. The van der Waals surface area contributed by atoms with Crippen molar-refractivity contribution in [3.8, 4) is 0 Å². The predicted molar refractivity (Wildman–Crippen MR) is 111 cm³/mol. The molecule has 0 aliphatic carbocycles. The Kier molecular flexibility index (Phi) is 5.96. The van der Waals surface area contributed by atoms with Crippen molar-refractivity contribution in [2.24, 2.45) is 0 Å². The van der Waals surface area contributed by atoms with Gasteiger partial charge in [0.05, 0.1) is 11.6 Å². The van der Waals surface area contributed by atoms with Crippen LogP contribution >= 0.6 is 35.1 Å². The highest BCUT2D eigenvalue weighted by Gasteiger charge is 2.34. The van der Waals surface area contributed by atoms with Crippen LogP contribution in [-0.2, 0) is 4.79 Å². The first-order chi connectivity index (χ1) is 12.5. The van der Waals surface area contributed by atoms with Crippen LogP contribution in [0.3, 0.4) is 0 Å². The van der Waals surface area contributed by atoms with E-state index in [0.717, 1.165) is 33.5 Å². The molecule has 7 heteroatoms. The minimum atomic E-state index is -0.291.